The fourth-order valence-electron chi connectivity index (χ4n) is 3.96. The molecular weight excluding hydrogens is 553 g/mol. The van der Waals surface area contributed by atoms with Crippen LogP contribution in [0.15, 0.2) is 36.4 Å². The summed E-state index contributed by atoms with van der Waals surface area (Å²) in [6.07, 6.45) is 0.294. The highest BCUT2D eigenvalue weighted by Gasteiger charge is 2.33. The van der Waals surface area contributed by atoms with Gasteiger partial charge in [-0.25, -0.2) is 8.42 Å². The van der Waals surface area contributed by atoms with E-state index in [2.05, 4.69) is 5.32 Å². The van der Waals surface area contributed by atoms with Gasteiger partial charge in [0.2, 0.25) is 28.6 Å². The van der Waals surface area contributed by atoms with Crippen molar-refractivity contribution in [1.82, 2.24) is 10.2 Å². The molecule has 1 atom stereocenters. The molecule has 0 radical (unpaired) electrons. The van der Waals surface area contributed by atoms with Gasteiger partial charge in [-0.15, -0.1) is 0 Å². The maximum absolute atomic E-state index is 13.9. The monoisotopic (exact) mass is 585 g/mol. The first-order valence-corrected chi connectivity index (χ1v) is 14.7. The number of ether oxygens (including phenoxy) is 2. The van der Waals surface area contributed by atoms with Gasteiger partial charge in [0, 0.05) is 34.8 Å². The van der Waals surface area contributed by atoms with Crippen LogP contribution in [0.2, 0.25) is 10.0 Å². The number of rotatable bonds is 12. The molecule has 1 heterocycles. The number of carbonyl (C=O) groups is 2. The van der Waals surface area contributed by atoms with E-state index in [0.717, 1.165) is 4.31 Å². The lowest BCUT2D eigenvalue weighted by atomic mass is 10.1. The van der Waals surface area contributed by atoms with Crippen LogP contribution in [0.5, 0.6) is 11.5 Å². The maximum Gasteiger partial charge on any atom is 0.244 e. The Balaban J connectivity index is 2.00. The van der Waals surface area contributed by atoms with E-state index in [0.29, 0.717) is 40.1 Å². The van der Waals surface area contributed by atoms with Crippen molar-refractivity contribution in [2.45, 2.75) is 46.7 Å². The van der Waals surface area contributed by atoms with Crippen LogP contribution < -0.4 is 19.1 Å². The van der Waals surface area contributed by atoms with Crippen molar-refractivity contribution < 1.29 is 27.5 Å². The normalized spacial score (nSPS) is 13.3. The van der Waals surface area contributed by atoms with Crippen LogP contribution in [0.1, 0.15) is 39.7 Å². The average Bonchev–Trinajstić information content (AvgIpc) is 3.35. The van der Waals surface area contributed by atoms with Crippen LogP contribution in [0, 0.1) is 5.92 Å². The number of nitrogens with zero attached hydrogens (tertiary/aromatic N) is 2. The molecule has 0 bridgehead atoms. The van der Waals surface area contributed by atoms with Gasteiger partial charge >= 0.3 is 0 Å². The Hall–Kier alpha value is -2.69. The van der Waals surface area contributed by atoms with Gasteiger partial charge in [-0.2, -0.15) is 0 Å². The second-order valence-corrected chi connectivity index (χ2v) is 12.2. The molecule has 2 aromatic carbocycles. The zero-order valence-corrected chi connectivity index (χ0v) is 24.2. The minimum Gasteiger partial charge on any atom is -0.454 e. The third-order valence-corrected chi connectivity index (χ3v) is 8.53. The Morgan fingerprint density at radius 2 is 1.71 bits per heavy atom. The summed E-state index contributed by atoms with van der Waals surface area (Å²) < 4.78 is 38.0. The zero-order valence-electron chi connectivity index (χ0n) is 21.9. The molecule has 0 aliphatic carbocycles. The fraction of sp³-hybridized carbons (Fsp3) is 0.462. The first-order valence-electron chi connectivity index (χ1n) is 12.4. The molecule has 0 saturated heterocycles. The summed E-state index contributed by atoms with van der Waals surface area (Å²) in [7, 11) is -3.89. The second-order valence-electron chi connectivity index (χ2n) is 9.23. The highest BCUT2D eigenvalue weighted by Crippen LogP contribution is 2.36. The van der Waals surface area contributed by atoms with Gasteiger partial charge in [0.15, 0.2) is 11.5 Å². The van der Waals surface area contributed by atoms with Gasteiger partial charge in [0.1, 0.15) is 12.6 Å². The Morgan fingerprint density at radius 1 is 1.05 bits per heavy atom. The molecule has 1 N–H and O–H groups in total. The lowest BCUT2D eigenvalue weighted by molar-refractivity contribution is -0.140. The Morgan fingerprint density at radius 3 is 2.32 bits per heavy atom. The molecule has 2 aromatic rings. The summed E-state index contributed by atoms with van der Waals surface area (Å²) in [6.45, 7) is 7.05. The molecule has 1 aliphatic heterocycles. The van der Waals surface area contributed by atoms with Crippen LogP contribution in [0.4, 0.5) is 5.69 Å². The molecule has 3 rings (SSSR count). The second kappa shape index (κ2) is 12.9. The number of nitrogens with one attached hydrogen (secondary N) is 1. The largest absolute Gasteiger partial charge is 0.454 e. The van der Waals surface area contributed by atoms with Crippen molar-refractivity contribution >= 4 is 50.7 Å². The molecule has 2 amide bonds. The molecule has 0 saturated carbocycles. The molecule has 12 heteroatoms. The molecule has 1 aliphatic rings. The molecule has 0 unspecified atom stereocenters. The summed E-state index contributed by atoms with van der Waals surface area (Å²) in [4.78, 5) is 28.4. The summed E-state index contributed by atoms with van der Waals surface area (Å²) >= 11 is 12.8. The number of halogens is 2. The van der Waals surface area contributed by atoms with Gasteiger partial charge < -0.3 is 19.7 Å². The van der Waals surface area contributed by atoms with E-state index in [1.54, 1.807) is 37.3 Å². The number of hydrogen-bond acceptors (Lipinski definition) is 6. The Labute approximate surface area is 234 Å². The first-order chi connectivity index (χ1) is 18.0. The predicted molar refractivity (Wildman–Crippen MR) is 148 cm³/mol. The van der Waals surface area contributed by atoms with Crippen molar-refractivity contribution in [3.05, 3.63) is 52.0 Å². The average molecular weight is 587 g/mol. The highest BCUT2D eigenvalue weighted by molar-refractivity contribution is 7.92. The van der Waals surface area contributed by atoms with Crippen LogP contribution in [-0.2, 0) is 26.2 Å². The van der Waals surface area contributed by atoms with Crippen molar-refractivity contribution in [2.24, 2.45) is 5.92 Å². The van der Waals surface area contributed by atoms with Gasteiger partial charge in [-0.05, 0) is 43.5 Å². The standard InChI is InChI=1S/C26H33Cl2N3O6S/c1-5-22(26(33)29-13-17(3)4)30(14-19-20(27)8-7-9-21(19)28)25(32)15-31(38(34,35)6-2)18-10-11-23-24(12-18)37-16-36-23/h7-12,17,22H,5-6,13-16H2,1-4H3,(H,29,33)/t22-/m1/s1. The van der Waals surface area contributed by atoms with Crippen LogP contribution in [-0.4, -0.2) is 56.8 Å². The molecule has 208 valence electrons. The van der Waals surface area contributed by atoms with Gasteiger partial charge in [-0.1, -0.05) is 50.0 Å². The lowest BCUT2D eigenvalue weighted by Crippen LogP contribution is -2.52. The fourth-order valence-corrected chi connectivity index (χ4v) is 5.53. The minimum atomic E-state index is -3.89. The van der Waals surface area contributed by atoms with Crippen molar-refractivity contribution in [2.75, 3.05) is 29.9 Å². The van der Waals surface area contributed by atoms with Crippen LogP contribution in [0.3, 0.4) is 0 Å². The lowest BCUT2D eigenvalue weighted by Gasteiger charge is -2.33. The summed E-state index contributed by atoms with van der Waals surface area (Å²) in [5.74, 6) is -0.0954. The topological polar surface area (TPSA) is 105 Å². The number of anilines is 1. The van der Waals surface area contributed by atoms with Gasteiger partial charge in [0.25, 0.3) is 0 Å². The summed E-state index contributed by atoms with van der Waals surface area (Å²) in [6, 6.07) is 8.76. The van der Waals surface area contributed by atoms with E-state index >= 15 is 0 Å². The van der Waals surface area contributed by atoms with Crippen molar-refractivity contribution in [1.29, 1.82) is 0 Å². The van der Waals surface area contributed by atoms with E-state index in [9.17, 15) is 18.0 Å². The first kappa shape index (κ1) is 29.9. The van der Waals surface area contributed by atoms with Crippen molar-refractivity contribution in [3.8, 4) is 11.5 Å². The molecule has 38 heavy (non-hydrogen) atoms. The van der Waals surface area contributed by atoms with E-state index in [1.807, 2.05) is 13.8 Å². The third-order valence-electron chi connectivity index (χ3n) is 6.08. The van der Waals surface area contributed by atoms with Gasteiger partial charge in [-0.3, -0.25) is 13.9 Å². The molecular formula is C26H33Cl2N3O6S. The number of hydrogen-bond donors (Lipinski definition) is 1. The predicted octanol–water partition coefficient (Wildman–Crippen LogP) is 4.46. The summed E-state index contributed by atoms with van der Waals surface area (Å²) in [5.41, 5.74) is 0.713. The molecule has 0 fully saturated rings. The highest BCUT2D eigenvalue weighted by atomic mass is 35.5. The number of fused-ring (bicyclic) bond motifs is 1. The summed E-state index contributed by atoms with van der Waals surface area (Å²) in [5, 5.41) is 3.55. The number of sulfonamides is 1. The minimum absolute atomic E-state index is 0.0221. The quantitative estimate of drug-likeness (QED) is 0.394. The van der Waals surface area contributed by atoms with Gasteiger partial charge in [0.05, 0.1) is 11.4 Å². The van der Waals surface area contributed by atoms with Crippen molar-refractivity contribution in [3.63, 3.8) is 0 Å². The Kier molecular flexibility index (Phi) is 10.1. The molecule has 0 aromatic heterocycles. The van der Waals surface area contributed by atoms with E-state index < -0.39 is 28.5 Å². The smallest absolute Gasteiger partial charge is 0.244 e. The van der Waals surface area contributed by atoms with E-state index in [-0.39, 0.29) is 36.6 Å². The maximum atomic E-state index is 13.9. The van der Waals surface area contributed by atoms with Crippen LogP contribution in [0.25, 0.3) is 0 Å². The number of benzene rings is 2. The Bertz CT molecular complexity index is 1250. The van der Waals surface area contributed by atoms with E-state index in [4.69, 9.17) is 32.7 Å². The van der Waals surface area contributed by atoms with E-state index in [1.165, 1.54) is 17.9 Å². The number of amides is 2. The number of carbonyl (C=O) groups excluding carboxylic acids is 2. The van der Waals surface area contributed by atoms with Crippen LogP contribution >= 0.6 is 23.2 Å². The zero-order chi connectivity index (χ0) is 28.0. The molecule has 0 spiro atoms. The molecule has 9 nitrogen and oxygen atoms in total. The third kappa shape index (κ3) is 7.03. The SMILES string of the molecule is CC[C@H](C(=O)NCC(C)C)N(Cc1c(Cl)cccc1Cl)C(=O)CN(c1ccc2c(c1)OCO2)S(=O)(=O)CC.